The molecular formula is C45H56N8O6. The number of amides is 4. The van der Waals surface area contributed by atoms with Crippen LogP contribution in [0.15, 0.2) is 60.8 Å². The first kappa shape index (κ1) is 41.2. The van der Waals surface area contributed by atoms with Crippen molar-refractivity contribution in [1.82, 2.24) is 40.4 Å². The number of imidazole rings is 2. The zero-order chi connectivity index (χ0) is 41.5. The van der Waals surface area contributed by atoms with Gasteiger partial charge in [-0.2, -0.15) is 0 Å². The second-order valence-corrected chi connectivity index (χ2v) is 16.0. The highest BCUT2D eigenvalue weighted by atomic mass is 16.5. The van der Waals surface area contributed by atoms with E-state index in [4.69, 9.17) is 19.4 Å². The lowest BCUT2D eigenvalue weighted by Gasteiger charge is -2.30. The molecule has 59 heavy (non-hydrogen) atoms. The number of hydrogen-bond acceptors (Lipinski definition) is 8. The number of nitrogens with zero attached hydrogens (tertiary/aromatic N) is 4. The van der Waals surface area contributed by atoms with Gasteiger partial charge in [0.2, 0.25) is 11.8 Å². The molecule has 4 atom stereocenters. The Morgan fingerprint density at radius 1 is 0.763 bits per heavy atom. The number of likely N-dealkylation sites (tertiary alicyclic amines) is 1. The molecule has 312 valence electrons. The molecule has 4 aromatic rings. The highest BCUT2D eigenvalue weighted by Crippen LogP contribution is 2.36. The summed E-state index contributed by atoms with van der Waals surface area (Å²) in [6, 6.07) is 14.9. The normalized spacial score (nSPS) is 21.0. The molecule has 7 rings (SSSR count). The number of aromatic nitrogens is 4. The first-order chi connectivity index (χ1) is 28.6. The van der Waals surface area contributed by atoms with Gasteiger partial charge in [-0.25, -0.2) is 19.6 Å². The predicted molar refractivity (Wildman–Crippen MR) is 225 cm³/mol. The minimum atomic E-state index is -0.690. The third-order valence-corrected chi connectivity index (χ3v) is 11.8. The molecule has 14 nitrogen and oxygen atoms in total. The van der Waals surface area contributed by atoms with Crippen molar-refractivity contribution in [2.24, 2.45) is 5.92 Å². The fourth-order valence-electron chi connectivity index (χ4n) is 8.55. The maximum Gasteiger partial charge on any atom is 0.407 e. The van der Waals surface area contributed by atoms with Crippen molar-refractivity contribution in [1.29, 1.82) is 0 Å². The topological polar surface area (TPSA) is 175 Å². The van der Waals surface area contributed by atoms with Gasteiger partial charge in [-0.15, -0.1) is 0 Å². The van der Waals surface area contributed by atoms with E-state index in [-0.39, 0.29) is 29.8 Å². The maximum absolute atomic E-state index is 13.9. The van der Waals surface area contributed by atoms with Crippen molar-refractivity contribution in [3.63, 3.8) is 0 Å². The number of H-pyrrole nitrogens is 2. The number of methoxy groups -OCH3 is 2. The van der Waals surface area contributed by atoms with Crippen LogP contribution in [-0.2, 0) is 19.1 Å². The highest BCUT2D eigenvalue weighted by molar-refractivity contribution is 5.87. The lowest BCUT2D eigenvalue weighted by molar-refractivity contribution is -0.135. The molecule has 0 unspecified atom stereocenters. The minimum absolute atomic E-state index is 0.0928. The van der Waals surface area contributed by atoms with Gasteiger partial charge in [0.25, 0.3) is 0 Å². The number of benzene rings is 2. The van der Waals surface area contributed by atoms with Crippen LogP contribution in [0.4, 0.5) is 9.59 Å². The number of ether oxygens (including phenoxy) is 2. The van der Waals surface area contributed by atoms with E-state index in [1.54, 1.807) is 0 Å². The summed E-state index contributed by atoms with van der Waals surface area (Å²) >= 11 is 0. The van der Waals surface area contributed by atoms with Gasteiger partial charge in [0, 0.05) is 18.7 Å². The molecule has 2 fully saturated rings. The van der Waals surface area contributed by atoms with Crippen LogP contribution in [-0.4, -0.2) is 93.1 Å². The van der Waals surface area contributed by atoms with Crippen LogP contribution in [0.5, 0.6) is 0 Å². The van der Waals surface area contributed by atoms with Crippen LogP contribution in [0.25, 0.3) is 39.7 Å². The van der Waals surface area contributed by atoms with Gasteiger partial charge in [0.05, 0.1) is 49.6 Å². The van der Waals surface area contributed by atoms with Crippen LogP contribution in [0.3, 0.4) is 0 Å². The SMILES string of the molecule is COC(=O)N[C@H]1CCCCCC/C=C\c2[nH]c(nc2-c2ccc(-c3ccc(-c4cnc([C@H]5CCCN5C(=O)[C@@H](NC(=O)OC)C(C)C)[nH]4)cc3)cc2)[C@@H]2CCCN2C1=O. The molecule has 14 heteroatoms. The standard InChI is InChI=1S/C45H56N8O6/c1-28(2)38(51-45(57)59-4)43(55)53-26-11-15-36(53)40-46-27-35(48-40)31-21-17-29(18-22-31)30-19-23-32(24-20-30)39-33-13-9-7-5-6-8-10-14-34(49-44(56)58-3)42(54)52-25-12-16-37(52)41(47-33)50-39/h9,13,17-24,27-28,34,36-38H,5-8,10-12,14-16,25-26H2,1-4H3,(H,46,48)(H,47,50)(H,49,56)(H,51,57)/b13-9-/t34-,36+,37-,38-/m0/s1. The van der Waals surface area contributed by atoms with E-state index >= 15 is 0 Å². The molecule has 4 N–H and O–H groups in total. The van der Waals surface area contributed by atoms with Gasteiger partial charge >= 0.3 is 12.2 Å². The molecule has 0 radical (unpaired) electrons. The largest absolute Gasteiger partial charge is 0.453 e. The van der Waals surface area contributed by atoms with Gasteiger partial charge in [-0.1, -0.05) is 87.7 Å². The lowest BCUT2D eigenvalue weighted by atomic mass is 10.0. The first-order valence-electron chi connectivity index (χ1n) is 21.0. The zero-order valence-corrected chi connectivity index (χ0v) is 34.5. The summed E-state index contributed by atoms with van der Waals surface area (Å²) in [5, 5.41) is 5.50. The number of aromatic amines is 2. The van der Waals surface area contributed by atoms with E-state index in [0.29, 0.717) is 19.5 Å². The lowest BCUT2D eigenvalue weighted by Crippen LogP contribution is -2.51. The Morgan fingerprint density at radius 2 is 1.42 bits per heavy atom. The van der Waals surface area contributed by atoms with E-state index in [9.17, 15) is 19.2 Å². The quantitative estimate of drug-likeness (QED) is 0.139. The fourth-order valence-corrected chi connectivity index (χ4v) is 8.55. The fraction of sp³-hybridized carbons (Fsp3) is 0.467. The second-order valence-electron chi connectivity index (χ2n) is 16.0. The molecule has 0 spiro atoms. The molecular weight excluding hydrogens is 749 g/mol. The van der Waals surface area contributed by atoms with Crippen LogP contribution in [0.1, 0.15) is 107 Å². The summed E-state index contributed by atoms with van der Waals surface area (Å²) < 4.78 is 9.63. The summed E-state index contributed by atoms with van der Waals surface area (Å²) in [5.41, 5.74) is 6.68. The van der Waals surface area contributed by atoms with E-state index in [1.165, 1.54) is 14.2 Å². The van der Waals surface area contributed by atoms with Crippen molar-refractivity contribution in [3.8, 4) is 33.6 Å². The Kier molecular flexibility index (Phi) is 13.1. The van der Waals surface area contributed by atoms with E-state index in [1.807, 2.05) is 29.8 Å². The number of carbonyl (C=O) groups excluding carboxylic acids is 4. The smallest absolute Gasteiger partial charge is 0.407 e. The van der Waals surface area contributed by atoms with Crippen LogP contribution < -0.4 is 10.6 Å². The van der Waals surface area contributed by atoms with Crippen molar-refractivity contribution in [2.45, 2.75) is 102 Å². The molecule has 2 aromatic heterocycles. The summed E-state index contributed by atoms with van der Waals surface area (Å²) in [7, 11) is 2.61. The average molecular weight is 805 g/mol. The Hall–Kier alpha value is -5.92. The highest BCUT2D eigenvalue weighted by Gasteiger charge is 2.38. The van der Waals surface area contributed by atoms with Crippen LogP contribution in [0.2, 0.25) is 0 Å². The van der Waals surface area contributed by atoms with E-state index < -0.39 is 24.3 Å². The average Bonchev–Trinajstić information content (AvgIpc) is 4.09. The molecule has 3 aliphatic heterocycles. The Balaban J connectivity index is 1.07. The molecule has 0 saturated carbocycles. The van der Waals surface area contributed by atoms with E-state index in [2.05, 4.69) is 81.3 Å². The zero-order valence-electron chi connectivity index (χ0n) is 34.5. The molecule has 2 bridgehead atoms. The minimum Gasteiger partial charge on any atom is -0.453 e. The number of carbonyl (C=O) groups is 4. The Labute approximate surface area is 345 Å². The van der Waals surface area contributed by atoms with Gasteiger partial charge in [-0.05, 0) is 73.6 Å². The third kappa shape index (κ3) is 9.37. The van der Waals surface area contributed by atoms with Crippen LogP contribution in [0, 0.1) is 5.92 Å². The molecule has 0 aliphatic carbocycles. The van der Waals surface area contributed by atoms with Gasteiger partial charge < -0.3 is 39.9 Å². The van der Waals surface area contributed by atoms with Crippen molar-refractivity contribution >= 4 is 30.1 Å². The predicted octanol–water partition coefficient (Wildman–Crippen LogP) is 7.93. The molecule has 2 saturated heterocycles. The number of fused-ring (bicyclic) bond motifs is 4. The summed E-state index contributed by atoms with van der Waals surface area (Å²) in [6.07, 6.45) is 13.6. The third-order valence-electron chi connectivity index (χ3n) is 11.8. The number of rotatable bonds is 8. The van der Waals surface area contributed by atoms with E-state index in [0.717, 1.165) is 109 Å². The molecule has 5 heterocycles. The van der Waals surface area contributed by atoms with Crippen molar-refractivity contribution < 1.29 is 28.7 Å². The molecule has 3 aliphatic rings. The number of hydrogen-bond donors (Lipinski definition) is 4. The first-order valence-corrected chi connectivity index (χ1v) is 21.0. The van der Waals surface area contributed by atoms with Crippen molar-refractivity contribution in [2.75, 3.05) is 27.3 Å². The molecule has 4 amide bonds. The van der Waals surface area contributed by atoms with Gasteiger partial charge in [-0.3, -0.25) is 9.59 Å². The monoisotopic (exact) mass is 804 g/mol. The van der Waals surface area contributed by atoms with Crippen molar-refractivity contribution in [3.05, 3.63) is 78.1 Å². The maximum atomic E-state index is 13.9. The summed E-state index contributed by atoms with van der Waals surface area (Å²) in [6.45, 7) is 5.01. The summed E-state index contributed by atoms with van der Waals surface area (Å²) in [5.74, 6) is 1.14. The summed E-state index contributed by atoms with van der Waals surface area (Å²) in [4.78, 5) is 72.2. The Bertz CT molecular complexity index is 2120. The van der Waals surface area contributed by atoms with Gasteiger partial charge in [0.1, 0.15) is 23.7 Å². The Morgan fingerprint density at radius 3 is 2.14 bits per heavy atom. The number of allylic oxidation sites excluding steroid dienone is 1. The van der Waals surface area contributed by atoms with Crippen LogP contribution >= 0.6 is 0 Å². The second kappa shape index (κ2) is 18.8. The van der Waals surface area contributed by atoms with Gasteiger partial charge in [0.15, 0.2) is 0 Å². The number of alkyl carbamates (subject to hydrolysis) is 2. The molecule has 2 aromatic carbocycles. The number of nitrogens with one attached hydrogen (secondary N) is 4.